The Kier molecular flexibility index (Phi) is 6.11. The first-order valence-corrected chi connectivity index (χ1v) is 6.96. The number of halogens is 2. The van der Waals surface area contributed by atoms with Crippen molar-refractivity contribution in [1.29, 1.82) is 0 Å². The van der Waals surface area contributed by atoms with E-state index in [1.807, 2.05) is 13.8 Å². The summed E-state index contributed by atoms with van der Waals surface area (Å²) in [4.78, 5) is 12.0. The van der Waals surface area contributed by atoms with E-state index in [1.165, 1.54) is 0 Å². The number of carbonyl (C=O) groups excluding carboxylic acids is 1. The van der Waals surface area contributed by atoms with Crippen LogP contribution in [0.3, 0.4) is 0 Å². The number of aliphatic hydroxyl groups excluding tert-OH is 1. The normalized spacial score (nSPS) is 11.4. The lowest BCUT2D eigenvalue weighted by atomic mass is 9.89. The molecule has 106 valence electrons. The quantitative estimate of drug-likeness (QED) is 0.790. The predicted molar refractivity (Wildman–Crippen MR) is 78.9 cm³/mol. The minimum absolute atomic E-state index is 0.118. The van der Waals surface area contributed by atoms with E-state index >= 15 is 0 Å². The fourth-order valence-electron chi connectivity index (χ4n) is 1.65. The standard InChI is InChI=1S/C14H19Cl2NO2/c1-14(2,9-18)7-4-8-17-13(19)12-10(15)5-3-6-11(12)16/h3,5-6,18H,4,7-9H2,1-2H3,(H,17,19). The Balaban J connectivity index is 2.49. The lowest BCUT2D eigenvalue weighted by Gasteiger charge is -2.21. The molecule has 0 aliphatic rings. The fraction of sp³-hybridized carbons (Fsp3) is 0.500. The summed E-state index contributed by atoms with van der Waals surface area (Å²) in [5.41, 5.74) is 0.194. The molecule has 0 saturated carbocycles. The van der Waals surface area contributed by atoms with Crippen molar-refractivity contribution in [3.8, 4) is 0 Å². The number of amides is 1. The molecule has 0 radical (unpaired) electrons. The molecule has 0 aromatic heterocycles. The summed E-state index contributed by atoms with van der Waals surface area (Å²) in [6, 6.07) is 4.97. The number of hydrogen-bond acceptors (Lipinski definition) is 2. The highest BCUT2D eigenvalue weighted by Crippen LogP contribution is 2.24. The van der Waals surface area contributed by atoms with E-state index in [9.17, 15) is 4.79 Å². The van der Waals surface area contributed by atoms with Crippen molar-refractivity contribution in [2.24, 2.45) is 5.41 Å². The molecule has 1 aromatic rings. The Labute approximate surface area is 123 Å². The van der Waals surface area contributed by atoms with Gasteiger partial charge in [-0.1, -0.05) is 43.1 Å². The second-order valence-corrected chi connectivity index (χ2v) is 6.09. The zero-order chi connectivity index (χ0) is 14.5. The predicted octanol–water partition coefficient (Wildman–Crippen LogP) is 3.52. The topological polar surface area (TPSA) is 49.3 Å². The Morgan fingerprint density at radius 1 is 1.32 bits per heavy atom. The Hall–Kier alpha value is -0.770. The molecule has 0 unspecified atom stereocenters. The molecule has 0 fully saturated rings. The minimum Gasteiger partial charge on any atom is -0.396 e. The fourth-order valence-corrected chi connectivity index (χ4v) is 2.22. The third kappa shape index (κ3) is 5.01. The second kappa shape index (κ2) is 7.13. The number of rotatable bonds is 6. The van der Waals surface area contributed by atoms with E-state index in [0.29, 0.717) is 22.2 Å². The summed E-state index contributed by atoms with van der Waals surface area (Å²) in [5, 5.41) is 12.6. The van der Waals surface area contributed by atoms with Gasteiger partial charge >= 0.3 is 0 Å². The molecule has 0 bridgehead atoms. The van der Waals surface area contributed by atoms with Gasteiger partial charge in [0.1, 0.15) is 0 Å². The van der Waals surface area contributed by atoms with Gasteiger partial charge < -0.3 is 10.4 Å². The monoisotopic (exact) mass is 303 g/mol. The van der Waals surface area contributed by atoms with Gasteiger partial charge in [0.2, 0.25) is 0 Å². The van der Waals surface area contributed by atoms with Crippen LogP contribution in [0, 0.1) is 5.41 Å². The molecule has 0 atom stereocenters. The van der Waals surface area contributed by atoms with Crippen molar-refractivity contribution in [3.05, 3.63) is 33.8 Å². The largest absolute Gasteiger partial charge is 0.396 e. The third-order valence-electron chi connectivity index (χ3n) is 2.93. The van der Waals surface area contributed by atoms with Gasteiger partial charge in [0.05, 0.1) is 15.6 Å². The number of benzene rings is 1. The second-order valence-electron chi connectivity index (χ2n) is 5.28. The molecule has 19 heavy (non-hydrogen) atoms. The van der Waals surface area contributed by atoms with Gasteiger partial charge in [0.15, 0.2) is 0 Å². The number of nitrogens with one attached hydrogen (secondary N) is 1. The lowest BCUT2D eigenvalue weighted by Crippen LogP contribution is -2.26. The maximum atomic E-state index is 12.0. The van der Waals surface area contributed by atoms with E-state index in [-0.39, 0.29) is 17.9 Å². The van der Waals surface area contributed by atoms with Crippen LogP contribution in [0.4, 0.5) is 0 Å². The van der Waals surface area contributed by atoms with E-state index in [2.05, 4.69) is 5.32 Å². The zero-order valence-electron chi connectivity index (χ0n) is 11.2. The Morgan fingerprint density at radius 3 is 2.42 bits per heavy atom. The van der Waals surface area contributed by atoms with Crippen LogP contribution < -0.4 is 5.32 Å². The molecule has 0 heterocycles. The van der Waals surface area contributed by atoms with Gasteiger partial charge in [0, 0.05) is 13.2 Å². The van der Waals surface area contributed by atoms with Crippen molar-refractivity contribution in [2.45, 2.75) is 26.7 Å². The van der Waals surface area contributed by atoms with Crippen LogP contribution in [0.2, 0.25) is 10.0 Å². The molecule has 2 N–H and O–H groups in total. The van der Waals surface area contributed by atoms with E-state index in [1.54, 1.807) is 18.2 Å². The van der Waals surface area contributed by atoms with Gasteiger partial charge in [0.25, 0.3) is 5.91 Å². The summed E-state index contributed by atoms with van der Waals surface area (Å²) in [6.45, 7) is 4.64. The third-order valence-corrected chi connectivity index (χ3v) is 3.56. The maximum Gasteiger partial charge on any atom is 0.254 e. The highest BCUT2D eigenvalue weighted by Gasteiger charge is 2.17. The van der Waals surface area contributed by atoms with E-state index < -0.39 is 0 Å². The average Bonchev–Trinajstić information content (AvgIpc) is 2.34. The summed E-state index contributed by atoms with van der Waals surface area (Å²) in [5.74, 6) is -0.266. The summed E-state index contributed by atoms with van der Waals surface area (Å²) >= 11 is 11.9. The van der Waals surface area contributed by atoms with Crippen molar-refractivity contribution in [1.82, 2.24) is 5.32 Å². The minimum atomic E-state index is -0.266. The number of carbonyl (C=O) groups is 1. The first-order valence-electron chi connectivity index (χ1n) is 6.20. The highest BCUT2D eigenvalue weighted by molar-refractivity contribution is 6.39. The average molecular weight is 304 g/mol. The van der Waals surface area contributed by atoms with Crippen molar-refractivity contribution in [2.75, 3.05) is 13.2 Å². The van der Waals surface area contributed by atoms with Crippen LogP contribution in [0.1, 0.15) is 37.0 Å². The summed E-state index contributed by atoms with van der Waals surface area (Å²) in [7, 11) is 0. The van der Waals surface area contributed by atoms with Gasteiger partial charge in [-0.15, -0.1) is 0 Å². The van der Waals surface area contributed by atoms with Gasteiger partial charge in [-0.2, -0.15) is 0 Å². The van der Waals surface area contributed by atoms with Crippen LogP contribution in [0.15, 0.2) is 18.2 Å². The molecule has 0 aliphatic heterocycles. The summed E-state index contributed by atoms with van der Waals surface area (Å²) in [6.07, 6.45) is 1.63. The molecule has 5 heteroatoms. The molecule has 3 nitrogen and oxygen atoms in total. The van der Waals surface area contributed by atoms with Crippen LogP contribution in [-0.4, -0.2) is 24.2 Å². The van der Waals surface area contributed by atoms with E-state index in [0.717, 1.165) is 12.8 Å². The molecule has 0 saturated heterocycles. The molecular weight excluding hydrogens is 285 g/mol. The number of hydrogen-bond donors (Lipinski definition) is 2. The van der Waals surface area contributed by atoms with Crippen LogP contribution in [0.25, 0.3) is 0 Å². The van der Waals surface area contributed by atoms with Crippen LogP contribution in [0.5, 0.6) is 0 Å². The molecule has 1 rings (SSSR count). The van der Waals surface area contributed by atoms with Crippen molar-refractivity contribution >= 4 is 29.1 Å². The molecule has 0 aliphatic carbocycles. The van der Waals surface area contributed by atoms with Gasteiger partial charge in [-0.05, 0) is 30.4 Å². The van der Waals surface area contributed by atoms with Crippen LogP contribution in [-0.2, 0) is 0 Å². The first-order chi connectivity index (χ1) is 8.87. The summed E-state index contributed by atoms with van der Waals surface area (Å²) < 4.78 is 0. The maximum absolute atomic E-state index is 12.0. The molecule has 0 spiro atoms. The first kappa shape index (κ1) is 16.3. The SMILES string of the molecule is CC(C)(CO)CCCNC(=O)c1c(Cl)cccc1Cl. The Bertz CT molecular complexity index is 427. The molecule has 1 amide bonds. The lowest BCUT2D eigenvalue weighted by molar-refractivity contribution is 0.0949. The van der Waals surface area contributed by atoms with Crippen molar-refractivity contribution in [3.63, 3.8) is 0 Å². The molecule has 1 aromatic carbocycles. The Morgan fingerprint density at radius 2 is 1.89 bits per heavy atom. The van der Waals surface area contributed by atoms with E-state index in [4.69, 9.17) is 28.3 Å². The van der Waals surface area contributed by atoms with Gasteiger partial charge in [-0.25, -0.2) is 0 Å². The van der Waals surface area contributed by atoms with Crippen LogP contribution >= 0.6 is 23.2 Å². The highest BCUT2D eigenvalue weighted by atomic mass is 35.5. The number of aliphatic hydroxyl groups is 1. The smallest absolute Gasteiger partial charge is 0.254 e. The van der Waals surface area contributed by atoms with Gasteiger partial charge in [-0.3, -0.25) is 4.79 Å². The zero-order valence-corrected chi connectivity index (χ0v) is 12.7. The molecular formula is C14H19Cl2NO2. The van der Waals surface area contributed by atoms with Crippen molar-refractivity contribution < 1.29 is 9.90 Å².